The number of carbonyl (C=O) groups is 4. The van der Waals surface area contributed by atoms with Crippen LogP contribution in [0.2, 0.25) is 0 Å². The van der Waals surface area contributed by atoms with Crippen molar-refractivity contribution in [3.8, 4) is 285 Å². The number of ketones is 2. The van der Waals surface area contributed by atoms with Gasteiger partial charge in [0.05, 0.1) is 6.16 Å². The molecular weight excluding hydrogens is 1470 g/mol. The molecule has 0 aromatic heterocycles. The summed E-state index contributed by atoms with van der Waals surface area (Å²) in [6, 6.07) is 17.1. The van der Waals surface area contributed by atoms with Crippen LogP contribution >= 0.6 is 15.2 Å². The Morgan fingerprint density at radius 3 is 0.746 bits per heavy atom. The predicted octanol–water partition coefficient (Wildman–Crippen LogP) is 4.52. The largest absolute Gasteiger partial charge is 1.00 e. The summed E-state index contributed by atoms with van der Waals surface area (Å²) in [5.41, 5.74) is 5.55. The number of amides is 2. The predicted molar refractivity (Wildman–Crippen MR) is 446 cm³/mol. The van der Waals surface area contributed by atoms with Crippen molar-refractivity contribution in [2.75, 3.05) is 39.6 Å². The standard InChI is InChI=1S/C49H4.C25H42NO5P.C23H38NO5P.CH4.2Na/c1-3-5-7-9-11-13-15-17-19-21-23-25-27-29-31-33-35-37-39-41-43-45-47-49-48-46-44-42-40-38-36-34-32-30-28-26-24-22-20-18-16-14-12-10-8-6-4-2;1-4-24(27)25(28)26-20-14-13-19-23-18-12-11-17-22(23)16-10-8-6-5-7-9-15-21-32(29,30-2)31-3;1-2-22(25)23(26)24-18-12-11-17-21-16-10-9-15-20(21)14-8-6-4-3-5-7-13-19-30(27,28)29;;;/h1H,2H3;11-12,17-18H,4-10,13-16,19-21H2,1-3H3,(H,26,28);9-10,15-16H,2-8,11-14,17-19H2,1H3,(H,24,26)(H2,27,28,29);1H4;;/q;;;;2*+1/p-2. The van der Waals surface area contributed by atoms with Gasteiger partial charge in [-0.1, -0.05) is 148 Å². The van der Waals surface area contributed by atoms with Crippen LogP contribution in [0.5, 0.6) is 0 Å². The fourth-order valence-electron chi connectivity index (χ4n) is 8.60. The van der Waals surface area contributed by atoms with Gasteiger partial charge in [0.1, 0.15) is 0 Å². The number of hydrogen-bond acceptors (Lipinski definition) is 10. The molecule has 0 aliphatic heterocycles. The van der Waals surface area contributed by atoms with Crippen LogP contribution < -0.4 is 79.5 Å². The number of rotatable bonds is 36. The van der Waals surface area contributed by atoms with Crippen LogP contribution in [-0.2, 0) is 63.0 Å². The number of terminal acetylenes is 1. The maximum atomic E-state index is 12.0. The van der Waals surface area contributed by atoms with Crippen molar-refractivity contribution < 1.29 is 106 Å². The molecule has 0 saturated carbocycles. The molecule has 0 spiro atoms. The molecule has 0 fully saturated rings. The molecule has 0 heterocycles. The molecule has 16 heteroatoms. The Bertz CT molecular complexity index is 5250. The van der Waals surface area contributed by atoms with Gasteiger partial charge in [-0.25, -0.2) is 0 Å². The Morgan fingerprint density at radius 1 is 0.333 bits per heavy atom. The second-order valence-electron chi connectivity index (χ2n) is 22.0. The van der Waals surface area contributed by atoms with Crippen molar-refractivity contribution in [3.63, 3.8) is 0 Å². The smallest absolute Gasteiger partial charge is 0.811 e. The molecular formula is C98H86N2Na2O10P2. The molecule has 2 amide bonds. The van der Waals surface area contributed by atoms with E-state index in [1.54, 1.807) is 20.8 Å². The van der Waals surface area contributed by atoms with Crippen LogP contribution in [0.25, 0.3) is 0 Å². The zero-order chi connectivity index (χ0) is 81.1. The molecule has 2 N–H and O–H groups in total. The summed E-state index contributed by atoms with van der Waals surface area (Å²) in [4.78, 5) is 66.6. The molecule has 0 atom stereocenters. The molecule has 0 saturated heterocycles. The summed E-state index contributed by atoms with van der Waals surface area (Å²) in [6.45, 7) is 6.16. The minimum atomic E-state index is -4.33. The van der Waals surface area contributed by atoms with Gasteiger partial charge < -0.3 is 34.0 Å². The normalized spacial score (nSPS) is 7.91. The number of aryl methyl sites for hydroxylation is 4. The van der Waals surface area contributed by atoms with E-state index in [-0.39, 0.29) is 97.1 Å². The van der Waals surface area contributed by atoms with Crippen molar-refractivity contribution in [2.24, 2.45) is 0 Å². The zero-order valence-corrected chi connectivity index (χ0v) is 71.3. The molecule has 2 rings (SSSR count). The Kier molecular flexibility index (Phi) is 78.7. The van der Waals surface area contributed by atoms with E-state index in [9.17, 15) is 38.1 Å². The van der Waals surface area contributed by atoms with Gasteiger partial charge in [-0.15, -0.1) is 6.42 Å². The third-order valence-corrected chi connectivity index (χ3v) is 16.8. The van der Waals surface area contributed by atoms with E-state index in [4.69, 9.17) is 15.5 Å². The van der Waals surface area contributed by atoms with Gasteiger partial charge in [-0.2, -0.15) is 0 Å². The van der Waals surface area contributed by atoms with Crippen molar-refractivity contribution in [2.45, 2.75) is 182 Å². The average molecular weight is 1560 g/mol. The van der Waals surface area contributed by atoms with Gasteiger partial charge in [-0.3, -0.25) is 23.7 Å². The number of carbonyl (C=O) groups excluding carboxylic acids is 4. The summed E-state index contributed by atoms with van der Waals surface area (Å²) >= 11 is 0. The number of benzene rings is 2. The summed E-state index contributed by atoms with van der Waals surface area (Å²) < 4.78 is 32.5. The fourth-order valence-corrected chi connectivity index (χ4v) is 10.3. The summed E-state index contributed by atoms with van der Waals surface area (Å²) in [5, 5.41) is 5.37. The molecule has 2 aromatic carbocycles. The van der Waals surface area contributed by atoms with E-state index >= 15 is 0 Å². The second-order valence-corrected chi connectivity index (χ2v) is 26.1. The first-order valence-corrected chi connectivity index (χ1v) is 39.0. The first kappa shape index (κ1) is 109. The minimum Gasteiger partial charge on any atom is -0.811 e. The molecule has 0 radical (unpaired) electrons. The van der Waals surface area contributed by atoms with E-state index < -0.39 is 27.0 Å². The van der Waals surface area contributed by atoms with E-state index in [2.05, 4.69) is 337 Å². The quantitative estimate of drug-likeness (QED) is 0.0323. The Balaban J connectivity index is -0.000000817. The maximum Gasteiger partial charge on any atom is 1.00 e. The SMILES string of the molecule is C.C#CC#CC#CC#CC#CC#CC#CC#CC#CC#CC#CC#CC#CC#CC#CC#CC#CC#CC#CC#CC#CC#CC#CC#CC.CCC(=O)C(=O)NCCCCc1ccccc1CCCCCCCCCP(=O)(OC)OC.CCC(=O)C(=O)NCCCCc1ccccc1CCCCCCCCCP(=O)([O-])[O-].[Na+].[Na+]. The van der Waals surface area contributed by atoms with Crippen LogP contribution in [0.1, 0.15) is 179 Å². The van der Waals surface area contributed by atoms with E-state index in [0.29, 0.717) is 25.7 Å². The molecule has 0 aliphatic rings. The van der Waals surface area contributed by atoms with Crippen LogP contribution in [0.3, 0.4) is 0 Å². The van der Waals surface area contributed by atoms with Crippen LogP contribution in [-0.4, -0.2) is 63.0 Å². The fraction of sp³-hybridized carbons (Fsp3) is 0.347. The van der Waals surface area contributed by atoms with Crippen molar-refractivity contribution >= 4 is 38.6 Å². The Labute approximate surface area is 726 Å². The third-order valence-electron chi connectivity index (χ3n) is 14.0. The minimum absolute atomic E-state index is 0. The van der Waals surface area contributed by atoms with E-state index in [1.165, 1.54) is 62.2 Å². The number of unbranched alkanes of at least 4 members (excludes halogenated alkanes) is 14. The van der Waals surface area contributed by atoms with Crippen LogP contribution in [0, 0.1) is 285 Å². The van der Waals surface area contributed by atoms with E-state index in [0.717, 1.165) is 109 Å². The first-order chi connectivity index (χ1) is 54.2. The van der Waals surface area contributed by atoms with Crippen molar-refractivity contribution in [1.29, 1.82) is 0 Å². The Morgan fingerprint density at radius 2 is 0.535 bits per heavy atom. The number of Topliss-reactive ketones (excluding diaryl/α,β-unsaturated/α-hetero) is 2. The van der Waals surface area contributed by atoms with Crippen molar-refractivity contribution in [3.05, 3.63) is 70.8 Å². The first-order valence-electron chi connectivity index (χ1n) is 35.5. The van der Waals surface area contributed by atoms with Gasteiger partial charge in [0.15, 0.2) is 0 Å². The summed E-state index contributed by atoms with van der Waals surface area (Å²) in [6.07, 6.45) is 28.2. The zero-order valence-electron chi connectivity index (χ0n) is 65.5. The molecule has 0 bridgehead atoms. The molecule has 0 aliphatic carbocycles. The molecule has 114 heavy (non-hydrogen) atoms. The van der Waals surface area contributed by atoms with Crippen molar-refractivity contribution in [1.82, 2.24) is 10.6 Å². The third kappa shape index (κ3) is 73.3. The van der Waals surface area contributed by atoms with Gasteiger partial charge >= 0.3 is 66.7 Å². The number of nitrogens with one attached hydrogen (secondary N) is 2. The Hall–Kier alpha value is -11.5. The van der Waals surface area contributed by atoms with Crippen LogP contribution in [0.15, 0.2) is 48.5 Å². The summed E-state index contributed by atoms with van der Waals surface area (Å²) in [5.74, 6) is 115. The number of hydrogen-bond donors (Lipinski definition) is 2. The molecule has 560 valence electrons. The monoisotopic (exact) mass is 1560 g/mol. The molecule has 12 nitrogen and oxygen atoms in total. The summed E-state index contributed by atoms with van der Waals surface area (Å²) in [7, 11) is -4.28. The molecule has 2 aromatic rings. The van der Waals surface area contributed by atoms with Crippen LogP contribution in [0.4, 0.5) is 0 Å². The van der Waals surface area contributed by atoms with Gasteiger partial charge in [-0.05, 0) is 207 Å². The maximum absolute atomic E-state index is 12.0. The van der Waals surface area contributed by atoms with Gasteiger partial charge in [0.25, 0.3) is 11.8 Å². The average Bonchev–Trinajstić information content (AvgIpc) is 0.935. The van der Waals surface area contributed by atoms with Gasteiger partial charge in [0.2, 0.25) is 11.6 Å². The van der Waals surface area contributed by atoms with E-state index in [1.807, 2.05) is 0 Å². The topological polar surface area (TPSA) is 191 Å². The van der Waals surface area contributed by atoms with Gasteiger partial charge in [0, 0.05) is 218 Å². The molecule has 0 unspecified atom stereocenters. The second kappa shape index (κ2) is 82.4.